The number of piperazine rings is 1. The maximum atomic E-state index is 12.1. The molecule has 2 rings (SSSR count). The van der Waals surface area contributed by atoms with Gasteiger partial charge in [-0.2, -0.15) is 0 Å². The molecule has 1 N–H and O–H groups in total. The van der Waals surface area contributed by atoms with Gasteiger partial charge in [-0.05, 0) is 12.8 Å². The zero-order chi connectivity index (χ0) is 14.0. The third-order valence-electron chi connectivity index (χ3n) is 3.52. The molecule has 2 atom stereocenters. The average molecular weight is 281 g/mol. The van der Waals surface area contributed by atoms with E-state index < -0.39 is 0 Å². The third-order valence-corrected chi connectivity index (χ3v) is 4.34. The lowest BCUT2D eigenvalue weighted by Gasteiger charge is -2.37. The molecule has 0 saturated carbocycles. The van der Waals surface area contributed by atoms with Crippen molar-refractivity contribution >= 4 is 23.2 Å². The summed E-state index contributed by atoms with van der Waals surface area (Å²) in [6.07, 6.45) is 0.859. The van der Waals surface area contributed by atoms with E-state index in [9.17, 15) is 9.59 Å². The minimum atomic E-state index is -0.381. The molecule has 1 fully saturated rings. The van der Waals surface area contributed by atoms with E-state index in [1.165, 1.54) is 0 Å². The predicted molar refractivity (Wildman–Crippen MR) is 73.7 cm³/mol. The quantitative estimate of drug-likeness (QED) is 0.905. The van der Waals surface area contributed by atoms with Crippen LogP contribution in [0.2, 0.25) is 0 Å². The number of hydrogen-bond acceptors (Lipinski definition) is 4. The van der Waals surface area contributed by atoms with Gasteiger partial charge in [0.05, 0.1) is 23.8 Å². The van der Waals surface area contributed by atoms with E-state index in [4.69, 9.17) is 0 Å². The molecule has 1 aromatic heterocycles. The van der Waals surface area contributed by atoms with Crippen molar-refractivity contribution < 1.29 is 9.59 Å². The van der Waals surface area contributed by atoms with Crippen LogP contribution in [0.5, 0.6) is 0 Å². The number of carbonyl (C=O) groups excluding carboxylic acids is 2. The Hall–Kier alpha value is -1.43. The molecule has 2 unspecified atom stereocenters. The topological polar surface area (TPSA) is 62.3 Å². The van der Waals surface area contributed by atoms with E-state index in [-0.39, 0.29) is 30.3 Å². The number of nitrogens with zero attached hydrogens (tertiary/aromatic N) is 2. The zero-order valence-corrected chi connectivity index (χ0v) is 12.3. The Morgan fingerprint density at radius 3 is 2.89 bits per heavy atom. The number of rotatable bonds is 4. The van der Waals surface area contributed by atoms with Crippen LogP contribution in [-0.2, 0) is 16.1 Å². The molecule has 0 aliphatic carbocycles. The van der Waals surface area contributed by atoms with E-state index >= 15 is 0 Å². The van der Waals surface area contributed by atoms with Gasteiger partial charge in [0.2, 0.25) is 11.8 Å². The predicted octanol–water partition coefficient (Wildman–Crippen LogP) is 1.32. The number of carbonyl (C=O) groups is 2. The number of amides is 2. The first-order valence-electron chi connectivity index (χ1n) is 6.51. The summed E-state index contributed by atoms with van der Waals surface area (Å²) in [5.74, 6) is 0.0560. The second kappa shape index (κ2) is 5.69. The van der Waals surface area contributed by atoms with Crippen LogP contribution >= 0.6 is 11.3 Å². The Balaban J connectivity index is 2.21. The van der Waals surface area contributed by atoms with Crippen LogP contribution in [0.4, 0.5) is 0 Å². The van der Waals surface area contributed by atoms with E-state index in [1.807, 2.05) is 26.2 Å². The van der Waals surface area contributed by atoms with E-state index in [1.54, 1.807) is 16.2 Å². The molecule has 104 valence electrons. The number of aryl methyl sites for hydroxylation is 1. The summed E-state index contributed by atoms with van der Waals surface area (Å²) in [5, 5.41) is 5.59. The number of aromatic nitrogens is 1. The molecule has 1 aliphatic heterocycles. The second-order valence-electron chi connectivity index (χ2n) is 4.93. The van der Waals surface area contributed by atoms with Gasteiger partial charge >= 0.3 is 0 Å². The minimum Gasteiger partial charge on any atom is -0.345 e. The molecule has 5 nitrogen and oxygen atoms in total. The highest BCUT2D eigenvalue weighted by Gasteiger charge is 2.37. The summed E-state index contributed by atoms with van der Waals surface area (Å²) in [4.78, 5) is 30.1. The van der Waals surface area contributed by atoms with Crippen molar-refractivity contribution in [1.82, 2.24) is 15.2 Å². The van der Waals surface area contributed by atoms with Gasteiger partial charge in [0.1, 0.15) is 6.04 Å². The van der Waals surface area contributed by atoms with Crippen molar-refractivity contribution in [2.24, 2.45) is 5.92 Å². The first kappa shape index (κ1) is 14.0. The summed E-state index contributed by atoms with van der Waals surface area (Å²) in [5.41, 5.74) is 0.860. The highest BCUT2D eigenvalue weighted by Crippen LogP contribution is 2.21. The average Bonchev–Trinajstić information content (AvgIpc) is 2.79. The van der Waals surface area contributed by atoms with Crippen LogP contribution in [0, 0.1) is 12.8 Å². The smallest absolute Gasteiger partial charge is 0.243 e. The SMILES string of the molecule is CCC(C)C1C(=O)NCC(=O)N1Cc1csc(C)n1. The fourth-order valence-corrected chi connectivity index (χ4v) is 2.90. The normalized spacial score (nSPS) is 21.4. The van der Waals surface area contributed by atoms with Crippen molar-refractivity contribution in [3.05, 3.63) is 16.1 Å². The van der Waals surface area contributed by atoms with Gasteiger partial charge < -0.3 is 10.2 Å². The number of nitrogens with one attached hydrogen (secondary N) is 1. The van der Waals surface area contributed by atoms with Gasteiger partial charge in [-0.3, -0.25) is 9.59 Å². The molecule has 0 aromatic carbocycles. The Labute approximate surface area is 117 Å². The largest absolute Gasteiger partial charge is 0.345 e. The lowest BCUT2D eigenvalue weighted by Crippen LogP contribution is -2.60. The van der Waals surface area contributed by atoms with Gasteiger partial charge in [0, 0.05) is 5.38 Å². The Kier molecular flexibility index (Phi) is 4.19. The van der Waals surface area contributed by atoms with E-state index in [0.29, 0.717) is 6.54 Å². The lowest BCUT2D eigenvalue weighted by molar-refractivity contribution is -0.148. The Bertz CT molecular complexity index is 486. The van der Waals surface area contributed by atoms with Crippen molar-refractivity contribution in [1.29, 1.82) is 0 Å². The van der Waals surface area contributed by atoms with Gasteiger partial charge in [-0.1, -0.05) is 20.3 Å². The van der Waals surface area contributed by atoms with Crippen LogP contribution in [-0.4, -0.2) is 34.3 Å². The van der Waals surface area contributed by atoms with Gasteiger partial charge in [-0.25, -0.2) is 4.98 Å². The van der Waals surface area contributed by atoms with E-state index in [2.05, 4.69) is 10.3 Å². The Morgan fingerprint density at radius 2 is 2.32 bits per heavy atom. The summed E-state index contributed by atoms with van der Waals surface area (Å²) in [7, 11) is 0. The molecule has 1 aromatic rings. The van der Waals surface area contributed by atoms with Gasteiger partial charge in [0.15, 0.2) is 0 Å². The molecule has 2 heterocycles. The molecule has 6 heteroatoms. The number of thiazole rings is 1. The Morgan fingerprint density at radius 1 is 1.58 bits per heavy atom. The maximum Gasteiger partial charge on any atom is 0.243 e. The highest BCUT2D eigenvalue weighted by atomic mass is 32.1. The van der Waals surface area contributed by atoms with Crippen LogP contribution in [0.1, 0.15) is 31.0 Å². The standard InChI is InChI=1S/C13H19N3O2S/c1-4-8(2)12-13(18)14-5-11(17)16(12)6-10-7-19-9(3)15-10/h7-8,12H,4-6H2,1-3H3,(H,14,18). The second-order valence-corrected chi connectivity index (χ2v) is 5.99. The van der Waals surface area contributed by atoms with E-state index in [0.717, 1.165) is 17.1 Å². The van der Waals surface area contributed by atoms with Gasteiger partial charge in [0.25, 0.3) is 0 Å². The van der Waals surface area contributed by atoms with Crippen LogP contribution in [0.15, 0.2) is 5.38 Å². The molecule has 0 spiro atoms. The first-order valence-corrected chi connectivity index (χ1v) is 7.39. The molecular weight excluding hydrogens is 262 g/mol. The highest BCUT2D eigenvalue weighted by molar-refractivity contribution is 7.09. The maximum absolute atomic E-state index is 12.1. The molecular formula is C13H19N3O2S. The molecule has 1 saturated heterocycles. The van der Waals surface area contributed by atoms with Gasteiger partial charge in [-0.15, -0.1) is 11.3 Å². The lowest BCUT2D eigenvalue weighted by atomic mass is 9.95. The monoisotopic (exact) mass is 281 g/mol. The number of hydrogen-bond donors (Lipinski definition) is 1. The molecule has 19 heavy (non-hydrogen) atoms. The zero-order valence-electron chi connectivity index (χ0n) is 11.5. The molecule has 1 aliphatic rings. The minimum absolute atomic E-state index is 0.0319. The molecule has 0 radical (unpaired) electrons. The first-order chi connectivity index (χ1) is 9.02. The van der Waals surface area contributed by atoms with Crippen molar-refractivity contribution in [2.45, 2.75) is 39.8 Å². The molecule has 2 amide bonds. The fourth-order valence-electron chi connectivity index (χ4n) is 2.30. The summed E-state index contributed by atoms with van der Waals surface area (Å²) < 4.78 is 0. The fraction of sp³-hybridized carbons (Fsp3) is 0.615. The van der Waals surface area contributed by atoms with Crippen LogP contribution in [0.25, 0.3) is 0 Å². The van der Waals surface area contributed by atoms with Crippen molar-refractivity contribution in [3.8, 4) is 0 Å². The van der Waals surface area contributed by atoms with Crippen molar-refractivity contribution in [3.63, 3.8) is 0 Å². The summed E-state index contributed by atoms with van der Waals surface area (Å²) >= 11 is 1.56. The third kappa shape index (κ3) is 2.94. The van der Waals surface area contributed by atoms with Crippen molar-refractivity contribution in [2.75, 3.05) is 6.54 Å². The van der Waals surface area contributed by atoms with Crippen LogP contribution < -0.4 is 5.32 Å². The summed E-state index contributed by atoms with van der Waals surface area (Å²) in [6, 6.07) is -0.381. The summed E-state index contributed by atoms with van der Waals surface area (Å²) in [6.45, 7) is 6.48. The van der Waals surface area contributed by atoms with Crippen LogP contribution in [0.3, 0.4) is 0 Å². The molecule has 0 bridgehead atoms.